The minimum Gasteiger partial charge on any atom is -0.493 e. The maximum Gasteiger partial charge on any atom is 0.262 e. The van der Waals surface area contributed by atoms with Crippen LogP contribution in [0.15, 0.2) is 42.5 Å². The molecule has 0 aromatic heterocycles. The van der Waals surface area contributed by atoms with Crippen LogP contribution in [-0.2, 0) is 10.2 Å². The quantitative estimate of drug-likeness (QED) is 0.788. The molecule has 1 N–H and O–H groups in total. The third-order valence-electron chi connectivity index (χ3n) is 3.94. The molecule has 0 aliphatic rings. The first-order chi connectivity index (χ1) is 12.2. The third-order valence-corrected chi connectivity index (χ3v) is 3.94. The average Bonchev–Trinajstić information content (AvgIpc) is 2.59. The monoisotopic (exact) mass is 355 g/mol. The third kappa shape index (κ3) is 4.85. The molecule has 2 aromatic carbocycles. The number of carbonyl (C=O) groups excluding carboxylic acids is 2. The van der Waals surface area contributed by atoms with Gasteiger partial charge in [0.1, 0.15) is 0 Å². The molecule has 0 bridgehead atoms. The topological polar surface area (TPSA) is 64.6 Å². The molecule has 5 heteroatoms. The lowest BCUT2D eigenvalue weighted by atomic mass is 9.86. The lowest BCUT2D eigenvalue weighted by Gasteiger charge is -2.23. The second kappa shape index (κ2) is 8.04. The summed E-state index contributed by atoms with van der Waals surface area (Å²) in [6.45, 7) is 7.60. The van der Waals surface area contributed by atoms with Gasteiger partial charge in [0.25, 0.3) is 5.91 Å². The molecule has 0 aliphatic carbocycles. The van der Waals surface area contributed by atoms with Gasteiger partial charge in [-0.3, -0.25) is 9.59 Å². The fourth-order valence-electron chi connectivity index (χ4n) is 2.58. The zero-order valence-electron chi connectivity index (χ0n) is 15.9. The number of para-hydroxylation sites is 1. The van der Waals surface area contributed by atoms with Gasteiger partial charge in [0, 0.05) is 11.3 Å². The average molecular weight is 355 g/mol. The lowest BCUT2D eigenvalue weighted by Crippen LogP contribution is -2.23. The van der Waals surface area contributed by atoms with E-state index < -0.39 is 0 Å². The van der Waals surface area contributed by atoms with Gasteiger partial charge in [0.15, 0.2) is 23.9 Å². The van der Waals surface area contributed by atoms with Crippen molar-refractivity contribution in [1.82, 2.24) is 0 Å². The van der Waals surface area contributed by atoms with Crippen molar-refractivity contribution in [3.63, 3.8) is 0 Å². The Morgan fingerprint density at radius 1 is 1.04 bits per heavy atom. The standard InChI is InChI=1S/C21H25NO4/c1-14(23)15-10-11-18(19(12-15)25-5)26-13-20(24)22-17-9-7-6-8-16(17)21(2,3)4/h6-12H,13H2,1-5H3,(H,22,24). The Morgan fingerprint density at radius 3 is 2.35 bits per heavy atom. The summed E-state index contributed by atoms with van der Waals surface area (Å²) in [5, 5.41) is 2.90. The van der Waals surface area contributed by atoms with Crippen molar-refractivity contribution in [3.8, 4) is 11.5 Å². The van der Waals surface area contributed by atoms with Crippen LogP contribution in [0.2, 0.25) is 0 Å². The predicted octanol–water partition coefficient (Wildman–Crippen LogP) is 4.21. The number of anilines is 1. The van der Waals surface area contributed by atoms with Crippen molar-refractivity contribution in [1.29, 1.82) is 0 Å². The Labute approximate surface area is 154 Å². The number of benzene rings is 2. The van der Waals surface area contributed by atoms with E-state index >= 15 is 0 Å². The van der Waals surface area contributed by atoms with Crippen LogP contribution < -0.4 is 14.8 Å². The Hall–Kier alpha value is -2.82. The van der Waals surface area contributed by atoms with Gasteiger partial charge in [-0.1, -0.05) is 39.0 Å². The van der Waals surface area contributed by atoms with Gasteiger partial charge in [-0.25, -0.2) is 0 Å². The Morgan fingerprint density at radius 2 is 1.73 bits per heavy atom. The van der Waals surface area contributed by atoms with E-state index in [1.54, 1.807) is 18.2 Å². The summed E-state index contributed by atoms with van der Waals surface area (Å²) in [4.78, 5) is 23.8. The molecule has 0 spiro atoms. The summed E-state index contributed by atoms with van der Waals surface area (Å²) in [6, 6.07) is 12.6. The van der Waals surface area contributed by atoms with E-state index in [2.05, 4.69) is 26.1 Å². The van der Waals surface area contributed by atoms with Gasteiger partial charge in [0.05, 0.1) is 7.11 Å². The molecule has 0 aliphatic heterocycles. The van der Waals surface area contributed by atoms with Gasteiger partial charge < -0.3 is 14.8 Å². The molecule has 0 radical (unpaired) electrons. The molecular formula is C21H25NO4. The zero-order valence-corrected chi connectivity index (χ0v) is 15.9. The highest BCUT2D eigenvalue weighted by atomic mass is 16.5. The van der Waals surface area contributed by atoms with Crippen LogP contribution in [0, 0.1) is 0 Å². The molecule has 5 nitrogen and oxygen atoms in total. The molecular weight excluding hydrogens is 330 g/mol. The summed E-state index contributed by atoms with van der Waals surface area (Å²) in [6.07, 6.45) is 0. The molecule has 0 unspecified atom stereocenters. The minimum atomic E-state index is -0.264. The van der Waals surface area contributed by atoms with Gasteiger partial charge >= 0.3 is 0 Å². The van der Waals surface area contributed by atoms with E-state index in [1.807, 2.05) is 24.3 Å². The lowest BCUT2D eigenvalue weighted by molar-refractivity contribution is -0.118. The largest absolute Gasteiger partial charge is 0.493 e. The highest BCUT2D eigenvalue weighted by molar-refractivity contribution is 5.95. The smallest absolute Gasteiger partial charge is 0.262 e. The Balaban J connectivity index is 2.08. The summed E-state index contributed by atoms with van der Waals surface area (Å²) in [7, 11) is 1.49. The van der Waals surface area contributed by atoms with Crippen LogP contribution >= 0.6 is 0 Å². The second-order valence-electron chi connectivity index (χ2n) is 7.05. The number of amides is 1. The van der Waals surface area contributed by atoms with Gasteiger partial charge in [-0.2, -0.15) is 0 Å². The number of carbonyl (C=O) groups is 2. The first kappa shape index (κ1) is 19.5. The molecule has 26 heavy (non-hydrogen) atoms. The maximum atomic E-state index is 12.3. The van der Waals surface area contributed by atoms with E-state index in [0.717, 1.165) is 11.3 Å². The molecule has 138 valence electrons. The predicted molar refractivity (Wildman–Crippen MR) is 102 cm³/mol. The molecule has 0 saturated heterocycles. The number of hydrogen-bond donors (Lipinski definition) is 1. The summed E-state index contributed by atoms with van der Waals surface area (Å²) in [5.41, 5.74) is 2.26. The fourth-order valence-corrected chi connectivity index (χ4v) is 2.58. The van der Waals surface area contributed by atoms with Crippen molar-refractivity contribution in [2.45, 2.75) is 33.1 Å². The highest BCUT2D eigenvalue weighted by Crippen LogP contribution is 2.30. The first-order valence-electron chi connectivity index (χ1n) is 8.43. The van der Waals surface area contributed by atoms with Crippen LogP contribution in [0.3, 0.4) is 0 Å². The van der Waals surface area contributed by atoms with E-state index in [0.29, 0.717) is 17.1 Å². The summed E-state index contributed by atoms with van der Waals surface area (Å²) >= 11 is 0. The van der Waals surface area contributed by atoms with Crippen molar-refractivity contribution in [2.75, 3.05) is 19.0 Å². The number of nitrogens with one attached hydrogen (secondary N) is 1. The van der Waals surface area contributed by atoms with Gasteiger partial charge in [-0.15, -0.1) is 0 Å². The van der Waals surface area contributed by atoms with E-state index in [4.69, 9.17) is 9.47 Å². The first-order valence-corrected chi connectivity index (χ1v) is 8.43. The maximum absolute atomic E-state index is 12.3. The number of ether oxygens (including phenoxy) is 2. The number of hydrogen-bond acceptors (Lipinski definition) is 4. The normalized spacial score (nSPS) is 11.0. The van der Waals surface area contributed by atoms with Crippen LogP contribution in [0.5, 0.6) is 11.5 Å². The number of Topliss-reactive ketones (excluding diaryl/α,β-unsaturated/α-hetero) is 1. The Bertz CT molecular complexity index is 806. The highest BCUT2D eigenvalue weighted by Gasteiger charge is 2.19. The van der Waals surface area contributed by atoms with Crippen LogP contribution in [0.4, 0.5) is 5.69 Å². The van der Waals surface area contributed by atoms with Crippen LogP contribution in [0.1, 0.15) is 43.6 Å². The summed E-state index contributed by atoms with van der Waals surface area (Å²) in [5.74, 6) is 0.503. The Kier molecular flexibility index (Phi) is 6.03. The second-order valence-corrected chi connectivity index (χ2v) is 7.05. The molecule has 2 aromatic rings. The van der Waals surface area contributed by atoms with E-state index in [-0.39, 0.29) is 23.7 Å². The van der Waals surface area contributed by atoms with Gasteiger partial charge in [0.2, 0.25) is 0 Å². The van der Waals surface area contributed by atoms with Crippen LogP contribution in [0.25, 0.3) is 0 Å². The van der Waals surface area contributed by atoms with Gasteiger partial charge in [-0.05, 0) is 42.2 Å². The molecule has 2 rings (SSSR count). The number of methoxy groups -OCH3 is 1. The number of ketones is 1. The van der Waals surface area contributed by atoms with Crippen molar-refractivity contribution < 1.29 is 19.1 Å². The molecule has 0 heterocycles. The molecule has 1 amide bonds. The van der Waals surface area contributed by atoms with E-state index in [9.17, 15) is 9.59 Å². The zero-order chi connectivity index (χ0) is 19.3. The van der Waals surface area contributed by atoms with Crippen molar-refractivity contribution >= 4 is 17.4 Å². The van der Waals surface area contributed by atoms with E-state index in [1.165, 1.54) is 14.0 Å². The van der Waals surface area contributed by atoms with Crippen molar-refractivity contribution in [2.24, 2.45) is 0 Å². The molecule has 0 atom stereocenters. The number of rotatable bonds is 6. The molecule has 0 fully saturated rings. The van der Waals surface area contributed by atoms with Crippen molar-refractivity contribution in [3.05, 3.63) is 53.6 Å². The fraction of sp³-hybridized carbons (Fsp3) is 0.333. The molecule has 0 saturated carbocycles. The van der Waals surface area contributed by atoms with Crippen LogP contribution in [-0.4, -0.2) is 25.4 Å². The minimum absolute atomic E-state index is 0.0635. The SMILES string of the molecule is COc1cc(C(C)=O)ccc1OCC(=O)Nc1ccccc1C(C)(C)C. The summed E-state index contributed by atoms with van der Waals surface area (Å²) < 4.78 is 10.8.